The Hall–Kier alpha value is -2.02. The number of rotatable bonds is 4. The van der Waals surface area contributed by atoms with Gasteiger partial charge in [0.15, 0.2) is 6.61 Å². The quantitative estimate of drug-likeness (QED) is 0.653. The number of aryl methyl sites for hydroxylation is 2. The average Bonchev–Trinajstić information content (AvgIpc) is 2.21. The molecule has 86 valence electrons. The van der Waals surface area contributed by atoms with Crippen molar-refractivity contribution < 1.29 is 14.4 Å². The molecule has 16 heavy (non-hydrogen) atoms. The average molecular weight is 224 g/mol. The molecule has 7 nitrogen and oxygen atoms in total. The minimum Gasteiger partial charge on any atom is -0.368 e. The Bertz CT molecular complexity index is 419. The van der Waals surface area contributed by atoms with Gasteiger partial charge in [-0.05, 0) is 19.9 Å². The molecule has 0 spiro atoms. The molecular weight excluding hydrogens is 212 g/mol. The van der Waals surface area contributed by atoms with Gasteiger partial charge in [0.1, 0.15) is 0 Å². The molecule has 1 heterocycles. The van der Waals surface area contributed by atoms with Crippen LogP contribution in [0.25, 0.3) is 0 Å². The maximum atomic E-state index is 11.5. The van der Waals surface area contributed by atoms with Crippen molar-refractivity contribution in [1.29, 1.82) is 0 Å². The molecule has 0 fully saturated rings. The normalized spacial score (nSPS) is 9.88. The summed E-state index contributed by atoms with van der Waals surface area (Å²) in [4.78, 5) is 26.5. The zero-order chi connectivity index (χ0) is 12.1. The van der Waals surface area contributed by atoms with Crippen molar-refractivity contribution >= 4 is 11.8 Å². The Morgan fingerprint density at radius 1 is 1.44 bits per heavy atom. The van der Waals surface area contributed by atoms with Crippen LogP contribution in [-0.4, -0.2) is 28.6 Å². The van der Waals surface area contributed by atoms with Gasteiger partial charge >= 0.3 is 0 Å². The molecule has 0 unspecified atom stereocenters. The van der Waals surface area contributed by atoms with Crippen molar-refractivity contribution in [1.82, 2.24) is 15.7 Å². The minimum atomic E-state index is -0.666. The molecule has 7 heteroatoms. The van der Waals surface area contributed by atoms with Crippen LogP contribution in [0, 0.1) is 13.8 Å². The fourth-order valence-corrected chi connectivity index (χ4v) is 1.01. The molecule has 0 bridgehead atoms. The molecule has 2 amide bonds. The molecule has 1 aromatic heterocycles. The van der Waals surface area contributed by atoms with Crippen molar-refractivity contribution in [2.75, 3.05) is 6.61 Å². The lowest BCUT2D eigenvalue weighted by Crippen LogP contribution is -2.30. The number of amides is 2. The monoisotopic (exact) mass is 224 g/mol. The first-order valence-electron chi connectivity index (χ1n) is 4.52. The summed E-state index contributed by atoms with van der Waals surface area (Å²) in [6.07, 6.45) is 0. The van der Waals surface area contributed by atoms with Gasteiger partial charge in [0.05, 0.1) is 17.0 Å². The van der Waals surface area contributed by atoms with E-state index in [1.807, 2.05) is 0 Å². The molecular formula is C9H12N4O3. The molecule has 0 aliphatic carbocycles. The van der Waals surface area contributed by atoms with E-state index in [1.54, 1.807) is 19.9 Å². The van der Waals surface area contributed by atoms with Crippen LogP contribution in [0.5, 0.6) is 0 Å². The van der Waals surface area contributed by atoms with Crippen molar-refractivity contribution in [2.24, 2.45) is 5.73 Å². The SMILES string of the molecule is Cc1cc(C(=O)NOCC(N)=O)c(C)nn1. The summed E-state index contributed by atoms with van der Waals surface area (Å²) in [6.45, 7) is 2.99. The zero-order valence-corrected chi connectivity index (χ0v) is 8.98. The molecule has 0 atom stereocenters. The van der Waals surface area contributed by atoms with Crippen LogP contribution >= 0.6 is 0 Å². The predicted octanol–water partition coefficient (Wildman–Crippen LogP) is -0.760. The topological polar surface area (TPSA) is 107 Å². The van der Waals surface area contributed by atoms with Gasteiger partial charge in [-0.2, -0.15) is 10.2 Å². The fraction of sp³-hybridized carbons (Fsp3) is 0.333. The highest BCUT2D eigenvalue weighted by Crippen LogP contribution is 2.04. The Kier molecular flexibility index (Phi) is 3.90. The Labute approximate surface area is 91.9 Å². The number of aromatic nitrogens is 2. The molecule has 0 aromatic carbocycles. The van der Waals surface area contributed by atoms with Gasteiger partial charge in [-0.3, -0.25) is 14.4 Å². The smallest absolute Gasteiger partial charge is 0.276 e. The number of hydroxylamine groups is 1. The van der Waals surface area contributed by atoms with Crippen molar-refractivity contribution in [3.8, 4) is 0 Å². The van der Waals surface area contributed by atoms with E-state index in [0.717, 1.165) is 0 Å². The number of nitrogens with two attached hydrogens (primary N) is 1. The van der Waals surface area contributed by atoms with E-state index in [4.69, 9.17) is 5.73 Å². The molecule has 0 aliphatic rings. The summed E-state index contributed by atoms with van der Waals surface area (Å²) < 4.78 is 0. The van der Waals surface area contributed by atoms with Crippen LogP contribution in [0.4, 0.5) is 0 Å². The van der Waals surface area contributed by atoms with Gasteiger partial charge in [-0.15, -0.1) is 0 Å². The number of nitrogens with one attached hydrogen (secondary N) is 1. The second kappa shape index (κ2) is 5.17. The molecule has 1 rings (SSSR count). The van der Waals surface area contributed by atoms with Crippen LogP contribution in [0.3, 0.4) is 0 Å². The number of hydrogen-bond acceptors (Lipinski definition) is 5. The number of carbonyl (C=O) groups is 2. The lowest BCUT2D eigenvalue weighted by Gasteiger charge is -2.06. The molecule has 0 saturated carbocycles. The molecule has 0 aliphatic heterocycles. The predicted molar refractivity (Wildman–Crippen MR) is 54.1 cm³/mol. The van der Waals surface area contributed by atoms with Crippen molar-refractivity contribution in [3.63, 3.8) is 0 Å². The summed E-state index contributed by atoms with van der Waals surface area (Å²) in [6, 6.07) is 1.57. The minimum absolute atomic E-state index is 0.344. The third kappa shape index (κ3) is 3.28. The third-order valence-electron chi connectivity index (χ3n) is 1.72. The van der Waals surface area contributed by atoms with Gasteiger partial charge < -0.3 is 5.73 Å². The second-order valence-electron chi connectivity index (χ2n) is 3.17. The van der Waals surface area contributed by atoms with Crippen molar-refractivity contribution in [2.45, 2.75) is 13.8 Å². The summed E-state index contributed by atoms with van der Waals surface area (Å²) in [5.41, 5.74) is 8.36. The van der Waals surface area contributed by atoms with Gasteiger partial charge in [0, 0.05) is 0 Å². The van der Waals surface area contributed by atoms with Gasteiger partial charge in [-0.1, -0.05) is 0 Å². The van der Waals surface area contributed by atoms with E-state index in [2.05, 4.69) is 20.5 Å². The highest BCUT2D eigenvalue weighted by atomic mass is 16.7. The van der Waals surface area contributed by atoms with Crippen LogP contribution in [0.1, 0.15) is 21.7 Å². The molecule has 0 saturated heterocycles. The third-order valence-corrected chi connectivity index (χ3v) is 1.72. The summed E-state index contributed by atoms with van der Waals surface area (Å²) >= 11 is 0. The van der Waals surface area contributed by atoms with E-state index < -0.39 is 11.8 Å². The van der Waals surface area contributed by atoms with Crippen molar-refractivity contribution in [3.05, 3.63) is 23.0 Å². The van der Waals surface area contributed by atoms with Gasteiger partial charge in [0.2, 0.25) is 5.91 Å². The van der Waals surface area contributed by atoms with E-state index in [1.165, 1.54) is 0 Å². The summed E-state index contributed by atoms with van der Waals surface area (Å²) in [5.74, 6) is -1.15. The first kappa shape index (κ1) is 12.1. The number of carbonyl (C=O) groups excluding carboxylic acids is 2. The van der Waals surface area contributed by atoms with Crippen LogP contribution in [0.2, 0.25) is 0 Å². The highest BCUT2D eigenvalue weighted by molar-refractivity contribution is 5.94. The van der Waals surface area contributed by atoms with Crippen LogP contribution < -0.4 is 11.2 Å². The fourth-order valence-electron chi connectivity index (χ4n) is 1.01. The molecule has 0 radical (unpaired) electrons. The van der Waals surface area contributed by atoms with E-state index in [-0.39, 0.29) is 6.61 Å². The van der Waals surface area contributed by atoms with E-state index in [0.29, 0.717) is 17.0 Å². The van der Waals surface area contributed by atoms with Gasteiger partial charge in [-0.25, -0.2) is 5.48 Å². The largest absolute Gasteiger partial charge is 0.368 e. The first-order chi connectivity index (χ1) is 7.50. The second-order valence-corrected chi connectivity index (χ2v) is 3.17. The Morgan fingerprint density at radius 3 is 2.75 bits per heavy atom. The van der Waals surface area contributed by atoms with Crippen LogP contribution in [-0.2, 0) is 9.63 Å². The van der Waals surface area contributed by atoms with E-state index >= 15 is 0 Å². The molecule has 3 N–H and O–H groups in total. The number of primary amides is 1. The highest BCUT2D eigenvalue weighted by Gasteiger charge is 2.11. The standard InChI is InChI=1S/C9H12N4O3/c1-5-3-7(6(2)12-11-5)9(15)13-16-4-8(10)14/h3H,4H2,1-2H3,(H2,10,14)(H,13,15). The lowest BCUT2D eigenvalue weighted by atomic mass is 10.2. The molecule has 1 aromatic rings. The summed E-state index contributed by atoms with van der Waals surface area (Å²) in [5, 5.41) is 7.57. The zero-order valence-electron chi connectivity index (χ0n) is 8.98. The lowest BCUT2D eigenvalue weighted by molar-refractivity contribution is -0.124. The first-order valence-corrected chi connectivity index (χ1v) is 4.52. The maximum absolute atomic E-state index is 11.5. The van der Waals surface area contributed by atoms with E-state index in [9.17, 15) is 9.59 Å². The summed E-state index contributed by atoms with van der Waals surface area (Å²) in [7, 11) is 0. The van der Waals surface area contributed by atoms with Crippen LogP contribution in [0.15, 0.2) is 6.07 Å². The number of nitrogens with zero attached hydrogens (tertiary/aromatic N) is 2. The maximum Gasteiger partial charge on any atom is 0.276 e. The number of hydrogen-bond donors (Lipinski definition) is 2. The van der Waals surface area contributed by atoms with Gasteiger partial charge in [0.25, 0.3) is 5.91 Å². The Morgan fingerprint density at radius 2 is 2.12 bits per heavy atom. The Balaban J connectivity index is 2.65.